The predicted molar refractivity (Wildman–Crippen MR) is 240 cm³/mol. The van der Waals surface area contributed by atoms with E-state index in [2.05, 4.69) is 121 Å². The van der Waals surface area contributed by atoms with Gasteiger partial charge in [0, 0.05) is 54.0 Å². The van der Waals surface area contributed by atoms with Crippen molar-refractivity contribution < 1.29 is 8.98 Å². The average Bonchev–Trinajstić information content (AvgIpc) is 3.66. The lowest BCUT2D eigenvalue weighted by molar-refractivity contribution is 0.592. The molecule has 0 bridgehead atoms. The van der Waals surface area contributed by atoms with Crippen LogP contribution in [0.1, 0.15) is 0 Å². The maximum atomic E-state index is 15.6. The highest BCUT2D eigenvalue weighted by Crippen LogP contribution is 2.48. The predicted octanol–water partition coefficient (Wildman–Crippen LogP) is 13.1. The Kier molecular flexibility index (Phi) is 7.77. The number of rotatable bonds is 6. The van der Waals surface area contributed by atoms with Crippen molar-refractivity contribution >= 4 is 77.4 Å². The Morgan fingerprint density at radius 1 is 0.404 bits per heavy atom. The molecule has 0 fully saturated rings. The summed E-state index contributed by atoms with van der Waals surface area (Å²) in [4.78, 5) is 5.25. The van der Waals surface area contributed by atoms with Crippen LogP contribution in [0.5, 0.6) is 0 Å². The lowest BCUT2D eigenvalue weighted by atomic mass is 9.88. The molecular weight excluding hydrogens is 714 g/mol. The summed E-state index contributed by atoms with van der Waals surface area (Å²) in [6, 6.07) is 70.7. The van der Waals surface area contributed by atoms with Crippen molar-refractivity contribution in [3.05, 3.63) is 206 Å². The average molecular weight is 748 g/mol. The summed E-state index contributed by atoms with van der Waals surface area (Å²) in [5.41, 5.74) is 9.02. The number of furan rings is 1. The monoisotopic (exact) mass is 747 g/mol. The van der Waals surface area contributed by atoms with Crippen molar-refractivity contribution in [2.45, 2.75) is 0 Å². The summed E-state index contributed by atoms with van der Waals surface area (Å²) >= 11 is 0. The standard InChI is InChI=1S/C53H34NO2P/c55-57(38-18-6-2-7-19-38,39-20-8-3-9-21-39)49-33-32-40(41-22-10-11-23-42(41)49)35-28-30-36(31-29-35)50-51-43-24-12-14-26-46(43)54-53(37-16-4-1-5-17-37)45(51)34-48-52(50)44-25-13-15-27-47(44)56-48/h1-34H. The van der Waals surface area contributed by atoms with Gasteiger partial charge in [-0.1, -0.05) is 182 Å². The molecule has 2 heterocycles. The van der Waals surface area contributed by atoms with Crippen molar-refractivity contribution in [2.24, 2.45) is 0 Å². The van der Waals surface area contributed by atoms with E-state index in [0.717, 1.165) is 104 Å². The molecule has 0 aliphatic rings. The first-order valence-electron chi connectivity index (χ1n) is 19.2. The minimum absolute atomic E-state index is 0.824. The first-order valence-corrected chi connectivity index (χ1v) is 20.9. The van der Waals surface area contributed by atoms with Crippen LogP contribution in [0.15, 0.2) is 211 Å². The highest BCUT2D eigenvalue weighted by molar-refractivity contribution is 7.85. The Hall–Kier alpha value is -7.06. The minimum atomic E-state index is -3.20. The van der Waals surface area contributed by atoms with Crippen molar-refractivity contribution in [1.82, 2.24) is 4.98 Å². The molecule has 268 valence electrons. The highest BCUT2D eigenvalue weighted by atomic mass is 31.2. The van der Waals surface area contributed by atoms with Gasteiger partial charge in [0.1, 0.15) is 11.2 Å². The fourth-order valence-electron chi connectivity index (χ4n) is 8.75. The van der Waals surface area contributed by atoms with Gasteiger partial charge in [-0.05, 0) is 51.7 Å². The van der Waals surface area contributed by atoms with E-state index in [4.69, 9.17) is 9.40 Å². The van der Waals surface area contributed by atoms with Gasteiger partial charge < -0.3 is 8.98 Å². The molecule has 2 aromatic heterocycles. The van der Waals surface area contributed by atoms with Crippen LogP contribution in [0.25, 0.3) is 87.9 Å². The third-order valence-electron chi connectivity index (χ3n) is 11.3. The van der Waals surface area contributed by atoms with Crippen LogP contribution in [0, 0.1) is 0 Å². The largest absolute Gasteiger partial charge is 0.456 e. The summed E-state index contributed by atoms with van der Waals surface area (Å²) in [6.07, 6.45) is 0. The lowest BCUT2D eigenvalue weighted by Crippen LogP contribution is -2.25. The van der Waals surface area contributed by atoms with Gasteiger partial charge in [0.05, 0.1) is 11.2 Å². The van der Waals surface area contributed by atoms with Crippen LogP contribution < -0.4 is 15.9 Å². The van der Waals surface area contributed by atoms with Crippen molar-refractivity contribution in [3.8, 4) is 33.5 Å². The van der Waals surface area contributed by atoms with Gasteiger partial charge in [-0.15, -0.1) is 0 Å². The Morgan fingerprint density at radius 3 is 1.67 bits per heavy atom. The second-order valence-corrected chi connectivity index (χ2v) is 17.3. The third kappa shape index (κ3) is 5.28. The Morgan fingerprint density at radius 2 is 0.965 bits per heavy atom. The Bertz CT molecular complexity index is 3310. The Labute approximate surface area is 329 Å². The lowest BCUT2D eigenvalue weighted by Gasteiger charge is -2.22. The number of pyridine rings is 1. The topological polar surface area (TPSA) is 43.1 Å². The zero-order valence-electron chi connectivity index (χ0n) is 30.8. The van der Waals surface area contributed by atoms with Crippen molar-refractivity contribution in [1.29, 1.82) is 0 Å². The molecule has 0 aliphatic heterocycles. The molecule has 11 rings (SSSR count). The van der Waals surface area contributed by atoms with E-state index >= 15 is 4.57 Å². The molecule has 11 aromatic rings. The van der Waals surface area contributed by atoms with E-state index in [9.17, 15) is 0 Å². The van der Waals surface area contributed by atoms with E-state index in [-0.39, 0.29) is 0 Å². The summed E-state index contributed by atoms with van der Waals surface area (Å²) in [5.74, 6) is 0. The Balaban J connectivity index is 1.14. The number of fused-ring (bicyclic) bond motifs is 7. The SMILES string of the molecule is O=P(c1ccccc1)(c1ccccc1)c1ccc(-c2ccc(-c3c4c(cc5c(-c6ccccc6)nc6ccccc6c35)oc3ccccc34)cc2)c2ccccc12. The first kappa shape index (κ1) is 33.3. The fraction of sp³-hybridized carbons (Fsp3) is 0. The number of benzene rings is 9. The minimum Gasteiger partial charge on any atom is -0.456 e. The summed E-state index contributed by atoms with van der Waals surface area (Å²) in [6.45, 7) is 0. The highest BCUT2D eigenvalue weighted by Gasteiger charge is 2.32. The summed E-state index contributed by atoms with van der Waals surface area (Å²) < 4.78 is 22.2. The normalized spacial score (nSPS) is 11.9. The van der Waals surface area contributed by atoms with Gasteiger partial charge in [0.15, 0.2) is 7.14 Å². The second kappa shape index (κ2) is 13.3. The van der Waals surface area contributed by atoms with Gasteiger partial charge in [0.2, 0.25) is 0 Å². The molecule has 0 atom stereocenters. The molecular formula is C53H34NO2P. The van der Waals surface area contributed by atoms with Crippen LogP contribution in [0.4, 0.5) is 0 Å². The summed E-state index contributed by atoms with van der Waals surface area (Å²) in [7, 11) is -3.20. The number of hydrogen-bond acceptors (Lipinski definition) is 3. The van der Waals surface area contributed by atoms with Crippen LogP contribution >= 0.6 is 7.14 Å². The van der Waals surface area contributed by atoms with Gasteiger partial charge in [-0.3, -0.25) is 0 Å². The number of nitrogens with zero attached hydrogens (tertiary/aromatic N) is 1. The van der Waals surface area contributed by atoms with E-state index in [1.54, 1.807) is 0 Å². The maximum absolute atomic E-state index is 15.6. The zero-order valence-corrected chi connectivity index (χ0v) is 31.7. The van der Waals surface area contributed by atoms with Crippen molar-refractivity contribution in [3.63, 3.8) is 0 Å². The smallest absolute Gasteiger partial charge is 0.171 e. The van der Waals surface area contributed by atoms with Gasteiger partial charge >= 0.3 is 0 Å². The fourth-order valence-corrected chi connectivity index (χ4v) is 11.6. The van der Waals surface area contributed by atoms with E-state index in [0.29, 0.717) is 0 Å². The molecule has 0 amide bonds. The third-order valence-corrected chi connectivity index (χ3v) is 14.5. The van der Waals surface area contributed by atoms with Crippen LogP contribution in [0.3, 0.4) is 0 Å². The van der Waals surface area contributed by atoms with Gasteiger partial charge in [-0.2, -0.15) is 0 Å². The molecule has 4 heteroatoms. The van der Waals surface area contributed by atoms with Crippen LogP contribution in [-0.2, 0) is 4.57 Å². The van der Waals surface area contributed by atoms with Crippen molar-refractivity contribution in [2.75, 3.05) is 0 Å². The number of hydrogen-bond donors (Lipinski definition) is 0. The maximum Gasteiger partial charge on any atom is 0.171 e. The molecule has 0 spiro atoms. The van der Waals surface area contributed by atoms with E-state index in [1.807, 2.05) is 84.9 Å². The molecule has 0 saturated heterocycles. The molecule has 0 saturated carbocycles. The number of para-hydroxylation sites is 2. The van der Waals surface area contributed by atoms with Gasteiger partial charge in [-0.25, -0.2) is 4.98 Å². The molecule has 57 heavy (non-hydrogen) atoms. The number of aromatic nitrogens is 1. The van der Waals surface area contributed by atoms with Crippen LogP contribution in [-0.4, -0.2) is 4.98 Å². The van der Waals surface area contributed by atoms with Gasteiger partial charge in [0.25, 0.3) is 0 Å². The zero-order chi connectivity index (χ0) is 37.9. The first-order chi connectivity index (χ1) is 28.2. The van der Waals surface area contributed by atoms with E-state index < -0.39 is 7.14 Å². The molecule has 3 nitrogen and oxygen atoms in total. The quantitative estimate of drug-likeness (QED) is 0.126. The molecule has 0 aliphatic carbocycles. The van der Waals surface area contributed by atoms with E-state index in [1.165, 1.54) is 0 Å². The molecule has 9 aromatic carbocycles. The molecule has 0 unspecified atom stereocenters. The molecule has 0 N–H and O–H groups in total. The molecule has 0 radical (unpaired) electrons. The summed E-state index contributed by atoms with van der Waals surface area (Å²) in [5, 5.41) is 10.0. The second-order valence-electron chi connectivity index (χ2n) is 14.5. The van der Waals surface area contributed by atoms with Crippen LogP contribution in [0.2, 0.25) is 0 Å².